The second-order valence-corrected chi connectivity index (χ2v) is 10.3. The molecule has 0 bridgehead atoms. The van der Waals surface area contributed by atoms with Gasteiger partial charge >= 0.3 is 0 Å². The number of nitrogens with zero attached hydrogens (tertiary/aromatic N) is 5. The molecule has 1 saturated carbocycles. The highest BCUT2D eigenvalue weighted by Gasteiger charge is 2.59. The molecule has 3 aliphatic rings. The van der Waals surface area contributed by atoms with Gasteiger partial charge in [-0.1, -0.05) is 17.0 Å². The Bertz CT molecular complexity index is 1210. The van der Waals surface area contributed by atoms with Crippen molar-refractivity contribution < 1.29 is 33.2 Å². The summed E-state index contributed by atoms with van der Waals surface area (Å²) >= 11 is 1.53. The zero-order chi connectivity index (χ0) is 26.1. The molecule has 1 spiro atoms. The number of thioether (sulfide) groups is 1. The van der Waals surface area contributed by atoms with Gasteiger partial charge in [0.05, 0.1) is 45.9 Å². The second-order valence-electron chi connectivity index (χ2n) is 9.28. The predicted octanol–water partition coefficient (Wildman–Crippen LogP) is 2.50. The Hall–Kier alpha value is -2.91. The summed E-state index contributed by atoms with van der Waals surface area (Å²) in [5, 5.41) is 16.0. The first-order valence-electron chi connectivity index (χ1n) is 12.4. The summed E-state index contributed by atoms with van der Waals surface area (Å²) in [5.74, 6) is 1.64. The van der Waals surface area contributed by atoms with Gasteiger partial charge in [0.25, 0.3) is 0 Å². The molecule has 0 amide bonds. The molecule has 2 saturated heterocycles. The van der Waals surface area contributed by atoms with Crippen LogP contribution in [0.1, 0.15) is 31.4 Å². The Morgan fingerprint density at radius 3 is 2.53 bits per heavy atom. The van der Waals surface area contributed by atoms with Crippen LogP contribution in [0.3, 0.4) is 0 Å². The van der Waals surface area contributed by atoms with Gasteiger partial charge in [0.2, 0.25) is 5.75 Å². The van der Waals surface area contributed by atoms with Gasteiger partial charge in [-0.05, 0) is 12.8 Å². The fourth-order valence-corrected chi connectivity index (χ4v) is 6.01. The summed E-state index contributed by atoms with van der Waals surface area (Å²) in [6.45, 7) is 0.191. The number of nitrogens with one attached hydrogen (secondary N) is 1. The first-order chi connectivity index (χ1) is 18.6. The van der Waals surface area contributed by atoms with Crippen LogP contribution in [0.4, 0.5) is 0 Å². The van der Waals surface area contributed by atoms with Crippen LogP contribution in [-0.2, 0) is 25.6 Å². The third-order valence-corrected chi connectivity index (χ3v) is 7.93. The van der Waals surface area contributed by atoms with Crippen LogP contribution in [0, 0.1) is 0 Å². The van der Waals surface area contributed by atoms with Gasteiger partial charge in [0.15, 0.2) is 28.7 Å². The number of fused-ring (bicyclic) bond motifs is 1. The van der Waals surface area contributed by atoms with Crippen molar-refractivity contribution in [2.75, 3.05) is 27.1 Å². The summed E-state index contributed by atoms with van der Waals surface area (Å²) < 4.78 is 43.3. The van der Waals surface area contributed by atoms with Gasteiger partial charge in [-0.3, -0.25) is 5.10 Å². The van der Waals surface area contributed by atoms with E-state index in [0.29, 0.717) is 34.4 Å². The van der Waals surface area contributed by atoms with Crippen molar-refractivity contribution >= 4 is 11.8 Å². The summed E-state index contributed by atoms with van der Waals surface area (Å²) in [7, 11) is 4.70. The first-order valence-corrected chi connectivity index (χ1v) is 13.4. The molecule has 13 nitrogen and oxygen atoms in total. The molecule has 0 unspecified atom stereocenters. The van der Waals surface area contributed by atoms with E-state index in [9.17, 15) is 0 Å². The smallest absolute Gasteiger partial charge is 0.203 e. The summed E-state index contributed by atoms with van der Waals surface area (Å²) in [5.41, 5.74) is 1.34. The first kappa shape index (κ1) is 25.4. The maximum Gasteiger partial charge on any atom is 0.203 e. The van der Waals surface area contributed by atoms with Crippen molar-refractivity contribution in [3.8, 4) is 22.9 Å². The van der Waals surface area contributed by atoms with Crippen LogP contribution in [-0.4, -0.2) is 87.6 Å². The zero-order valence-corrected chi connectivity index (χ0v) is 22.2. The highest BCUT2D eigenvalue weighted by Crippen LogP contribution is 2.47. The van der Waals surface area contributed by atoms with E-state index in [1.807, 2.05) is 0 Å². The third-order valence-electron chi connectivity index (χ3n) is 6.96. The molecule has 0 radical (unpaired) electrons. The lowest BCUT2D eigenvalue weighted by Crippen LogP contribution is -2.33. The minimum atomic E-state index is -0.591. The normalized spacial score (nSPS) is 25.7. The van der Waals surface area contributed by atoms with E-state index in [2.05, 4.69) is 25.5 Å². The molecule has 2 aliphatic heterocycles. The van der Waals surface area contributed by atoms with Crippen LogP contribution < -0.4 is 14.2 Å². The number of hydrogen-bond acceptors (Lipinski definition) is 12. The number of methoxy groups -OCH3 is 3. The molecule has 6 rings (SSSR count). The molecular formula is C24H30N6O7S. The Labute approximate surface area is 223 Å². The summed E-state index contributed by atoms with van der Waals surface area (Å²) in [6.07, 6.45) is 5.88. The summed E-state index contributed by atoms with van der Waals surface area (Å²) in [6, 6.07) is 3.60. The van der Waals surface area contributed by atoms with Gasteiger partial charge < -0.3 is 33.2 Å². The van der Waals surface area contributed by atoms with Gasteiger partial charge in [-0.25, -0.2) is 9.67 Å². The number of benzene rings is 1. The second kappa shape index (κ2) is 10.7. The molecule has 38 heavy (non-hydrogen) atoms. The maximum absolute atomic E-state index is 6.47. The number of hydrogen-bond donors (Lipinski definition) is 1. The molecule has 204 valence electrons. The highest BCUT2D eigenvalue weighted by atomic mass is 32.2. The van der Waals surface area contributed by atoms with Crippen molar-refractivity contribution in [3.63, 3.8) is 0 Å². The Kier molecular flexibility index (Phi) is 7.14. The van der Waals surface area contributed by atoms with Crippen molar-refractivity contribution in [2.24, 2.45) is 0 Å². The standard InChI is InChI=1S/C24H30N6O7S/c1-31-16-8-15(9-17(32-2)19(16)33-3)30-10-14(27-29-30)11-34-22-21-20(36-24(37-21)6-4-5-7-24)18(35-22)12-38-23-25-13-26-28-23/h8-10,13,18,20-22H,4-7,11-12H2,1-3H3,(H,25,26,28)/t18-,20-,21-,22-/m1/s1. The number of aromatic amines is 1. The molecule has 2 aromatic heterocycles. The SMILES string of the molecule is COc1cc(-n2cc(CO[C@@H]3O[C@H](CSc4ncn[nH]4)[C@H]4OC5(CCCC5)O[C@@H]34)nn2)cc(OC)c1OC. The van der Waals surface area contributed by atoms with E-state index in [4.69, 9.17) is 33.2 Å². The zero-order valence-electron chi connectivity index (χ0n) is 21.4. The number of H-pyrrole nitrogens is 1. The van der Waals surface area contributed by atoms with E-state index < -0.39 is 12.1 Å². The van der Waals surface area contributed by atoms with Crippen LogP contribution in [0.15, 0.2) is 29.8 Å². The van der Waals surface area contributed by atoms with Crippen molar-refractivity contribution in [1.29, 1.82) is 0 Å². The fraction of sp³-hybridized carbons (Fsp3) is 0.583. The van der Waals surface area contributed by atoms with Gasteiger partial charge in [-0.15, -0.1) is 5.10 Å². The van der Waals surface area contributed by atoms with Gasteiger partial charge in [-0.2, -0.15) is 5.10 Å². The highest BCUT2D eigenvalue weighted by molar-refractivity contribution is 7.99. The van der Waals surface area contributed by atoms with Crippen LogP contribution in [0.5, 0.6) is 17.2 Å². The van der Waals surface area contributed by atoms with Crippen molar-refractivity contribution in [1.82, 2.24) is 30.2 Å². The topological polar surface area (TPSA) is 137 Å². The molecule has 14 heteroatoms. The Balaban J connectivity index is 1.15. The lowest BCUT2D eigenvalue weighted by Gasteiger charge is -2.26. The number of aromatic nitrogens is 6. The van der Waals surface area contributed by atoms with Crippen LogP contribution in [0.2, 0.25) is 0 Å². The molecule has 1 N–H and O–H groups in total. The van der Waals surface area contributed by atoms with Gasteiger partial charge in [0, 0.05) is 30.7 Å². The minimum absolute atomic E-state index is 0.191. The average Bonchev–Trinajstić information content (AvgIpc) is 3.77. The molecule has 3 fully saturated rings. The van der Waals surface area contributed by atoms with Crippen molar-refractivity contribution in [3.05, 3.63) is 30.4 Å². The van der Waals surface area contributed by atoms with E-state index in [1.54, 1.807) is 44.3 Å². The van der Waals surface area contributed by atoms with E-state index >= 15 is 0 Å². The Morgan fingerprint density at radius 1 is 1.08 bits per heavy atom. The quantitative estimate of drug-likeness (QED) is 0.374. The molecule has 4 atom stereocenters. The van der Waals surface area contributed by atoms with E-state index in [0.717, 1.165) is 30.8 Å². The monoisotopic (exact) mass is 546 g/mol. The molecule has 1 aliphatic carbocycles. The molecule has 4 heterocycles. The summed E-state index contributed by atoms with van der Waals surface area (Å²) in [4.78, 5) is 4.18. The number of rotatable bonds is 10. The average molecular weight is 547 g/mol. The largest absolute Gasteiger partial charge is 0.493 e. The van der Waals surface area contributed by atoms with Crippen LogP contribution >= 0.6 is 11.8 Å². The lowest BCUT2D eigenvalue weighted by molar-refractivity contribution is -0.244. The van der Waals surface area contributed by atoms with Gasteiger partial charge in [0.1, 0.15) is 24.2 Å². The maximum atomic E-state index is 6.47. The minimum Gasteiger partial charge on any atom is -0.493 e. The lowest BCUT2D eigenvalue weighted by atomic mass is 10.1. The van der Waals surface area contributed by atoms with Crippen molar-refractivity contribution in [2.45, 2.75) is 67.8 Å². The van der Waals surface area contributed by atoms with Crippen LogP contribution in [0.25, 0.3) is 5.69 Å². The predicted molar refractivity (Wildman–Crippen MR) is 133 cm³/mol. The van der Waals surface area contributed by atoms with E-state index in [1.165, 1.54) is 18.1 Å². The fourth-order valence-electron chi connectivity index (χ4n) is 5.18. The third kappa shape index (κ3) is 4.82. The number of ether oxygens (including phenoxy) is 7. The molecular weight excluding hydrogens is 516 g/mol. The molecule has 3 aromatic rings. The van der Waals surface area contributed by atoms with E-state index in [-0.39, 0.29) is 24.9 Å². The Morgan fingerprint density at radius 2 is 1.84 bits per heavy atom. The molecule has 1 aromatic carbocycles.